The lowest BCUT2D eigenvalue weighted by molar-refractivity contribution is -0.135. The Balaban J connectivity index is 1.50. The van der Waals surface area contributed by atoms with Crippen molar-refractivity contribution >= 4 is 0 Å². The number of hydrogen-bond acceptors (Lipinski definition) is 3. The van der Waals surface area contributed by atoms with Crippen LogP contribution in [0.5, 0.6) is 0 Å². The average Bonchev–Trinajstić information content (AvgIpc) is 2.89. The van der Waals surface area contributed by atoms with Crippen LogP contribution in [-0.2, 0) is 9.47 Å². The standard InChI is InChI=1S/C18H33NO2/c1-15-6-5-10-18(12-15,14-19)20-13-16-7-11-17(21-16)8-3-2-4-9-17/h15-16H,2-14,19H2,1H3. The van der Waals surface area contributed by atoms with Gasteiger partial charge in [-0.05, 0) is 44.4 Å². The van der Waals surface area contributed by atoms with Crippen LogP contribution in [0.1, 0.15) is 77.6 Å². The first-order valence-corrected chi connectivity index (χ1v) is 9.17. The maximum absolute atomic E-state index is 6.43. The van der Waals surface area contributed by atoms with E-state index < -0.39 is 0 Å². The van der Waals surface area contributed by atoms with E-state index >= 15 is 0 Å². The molecule has 0 bridgehead atoms. The van der Waals surface area contributed by atoms with Gasteiger partial charge in [-0.3, -0.25) is 0 Å². The summed E-state index contributed by atoms with van der Waals surface area (Å²) < 4.78 is 12.8. The topological polar surface area (TPSA) is 44.5 Å². The highest BCUT2D eigenvalue weighted by Gasteiger charge is 2.42. The molecule has 3 unspecified atom stereocenters. The van der Waals surface area contributed by atoms with Crippen LogP contribution in [-0.4, -0.2) is 30.5 Å². The Hall–Kier alpha value is -0.120. The third-order valence-corrected chi connectivity index (χ3v) is 6.10. The van der Waals surface area contributed by atoms with Crippen molar-refractivity contribution in [2.24, 2.45) is 11.7 Å². The van der Waals surface area contributed by atoms with Crippen LogP contribution in [0.3, 0.4) is 0 Å². The van der Waals surface area contributed by atoms with E-state index in [2.05, 4.69) is 6.92 Å². The predicted molar refractivity (Wildman–Crippen MR) is 85.3 cm³/mol. The van der Waals surface area contributed by atoms with E-state index in [1.165, 1.54) is 57.8 Å². The van der Waals surface area contributed by atoms with Crippen molar-refractivity contribution in [2.45, 2.75) is 94.9 Å². The van der Waals surface area contributed by atoms with Gasteiger partial charge in [0.15, 0.2) is 0 Å². The van der Waals surface area contributed by atoms with Gasteiger partial charge in [-0.1, -0.05) is 39.0 Å². The molecule has 1 saturated heterocycles. The number of rotatable bonds is 4. The fourth-order valence-corrected chi connectivity index (χ4v) is 4.83. The van der Waals surface area contributed by atoms with E-state index in [9.17, 15) is 0 Å². The second-order valence-electron chi connectivity index (χ2n) is 7.92. The van der Waals surface area contributed by atoms with Crippen LogP contribution in [0.2, 0.25) is 0 Å². The molecule has 0 radical (unpaired) electrons. The van der Waals surface area contributed by atoms with Gasteiger partial charge < -0.3 is 15.2 Å². The lowest BCUT2D eigenvalue weighted by Gasteiger charge is -2.40. The first-order valence-electron chi connectivity index (χ1n) is 9.17. The molecule has 0 amide bonds. The highest BCUT2D eigenvalue weighted by molar-refractivity contribution is 4.93. The molecule has 2 N–H and O–H groups in total. The van der Waals surface area contributed by atoms with Crippen molar-refractivity contribution < 1.29 is 9.47 Å². The zero-order valence-corrected chi connectivity index (χ0v) is 13.7. The van der Waals surface area contributed by atoms with Gasteiger partial charge in [0.05, 0.1) is 23.9 Å². The van der Waals surface area contributed by atoms with Crippen molar-refractivity contribution in [2.75, 3.05) is 13.2 Å². The second kappa shape index (κ2) is 6.55. The Morgan fingerprint density at radius 1 is 1.05 bits per heavy atom. The molecule has 3 heteroatoms. The molecule has 3 nitrogen and oxygen atoms in total. The van der Waals surface area contributed by atoms with Gasteiger partial charge in [0, 0.05) is 6.54 Å². The van der Waals surface area contributed by atoms with Crippen molar-refractivity contribution in [1.29, 1.82) is 0 Å². The molecule has 3 atom stereocenters. The molecule has 2 saturated carbocycles. The summed E-state index contributed by atoms with van der Waals surface area (Å²) >= 11 is 0. The molecule has 1 spiro atoms. The summed E-state index contributed by atoms with van der Waals surface area (Å²) in [5.41, 5.74) is 6.20. The Bertz CT molecular complexity index is 340. The maximum Gasteiger partial charge on any atom is 0.0817 e. The molecule has 3 rings (SSSR count). The zero-order valence-electron chi connectivity index (χ0n) is 13.7. The van der Waals surface area contributed by atoms with Crippen LogP contribution < -0.4 is 5.73 Å². The summed E-state index contributed by atoms with van der Waals surface area (Å²) in [5.74, 6) is 0.747. The van der Waals surface area contributed by atoms with Crippen LogP contribution in [0.25, 0.3) is 0 Å². The van der Waals surface area contributed by atoms with E-state index in [1.807, 2.05) is 0 Å². The molecule has 2 aliphatic carbocycles. The Labute approximate surface area is 129 Å². The lowest BCUT2D eigenvalue weighted by atomic mass is 9.79. The van der Waals surface area contributed by atoms with E-state index in [4.69, 9.17) is 15.2 Å². The second-order valence-corrected chi connectivity index (χ2v) is 7.92. The molecule has 0 aromatic heterocycles. The average molecular weight is 295 g/mol. The van der Waals surface area contributed by atoms with Gasteiger partial charge in [0.2, 0.25) is 0 Å². The molecule has 1 heterocycles. The zero-order chi connectivity index (χ0) is 14.8. The first-order chi connectivity index (χ1) is 10.2. The largest absolute Gasteiger partial charge is 0.371 e. The molecule has 1 aliphatic heterocycles. The quantitative estimate of drug-likeness (QED) is 0.858. The highest BCUT2D eigenvalue weighted by Crippen LogP contribution is 2.42. The fraction of sp³-hybridized carbons (Fsp3) is 1.00. The summed E-state index contributed by atoms with van der Waals surface area (Å²) in [6, 6.07) is 0. The molecule has 21 heavy (non-hydrogen) atoms. The first kappa shape index (κ1) is 15.8. The predicted octanol–water partition coefficient (Wildman–Crippen LogP) is 3.79. The summed E-state index contributed by atoms with van der Waals surface area (Å²) in [4.78, 5) is 0. The number of hydrogen-bond donors (Lipinski definition) is 1. The van der Waals surface area contributed by atoms with E-state index in [-0.39, 0.29) is 11.2 Å². The van der Waals surface area contributed by atoms with E-state index in [0.29, 0.717) is 12.6 Å². The van der Waals surface area contributed by atoms with Gasteiger partial charge in [-0.15, -0.1) is 0 Å². The van der Waals surface area contributed by atoms with E-state index in [0.717, 1.165) is 25.4 Å². The van der Waals surface area contributed by atoms with Gasteiger partial charge in [0.25, 0.3) is 0 Å². The molecule has 3 aliphatic rings. The van der Waals surface area contributed by atoms with Crippen molar-refractivity contribution in [1.82, 2.24) is 0 Å². The minimum atomic E-state index is -0.0661. The van der Waals surface area contributed by atoms with Crippen molar-refractivity contribution in [3.05, 3.63) is 0 Å². The minimum Gasteiger partial charge on any atom is -0.371 e. The Morgan fingerprint density at radius 2 is 1.86 bits per heavy atom. The van der Waals surface area contributed by atoms with Crippen molar-refractivity contribution in [3.63, 3.8) is 0 Å². The lowest BCUT2D eigenvalue weighted by Crippen LogP contribution is -2.46. The van der Waals surface area contributed by atoms with Crippen LogP contribution in [0.15, 0.2) is 0 Å². The van der Waals surface area contributed by atoms with Crippen molar-refractivity contribution in [3.8, 4) is 0 Å². The molecule has 0 aromatic rings. The smallest absolute Gasteiger partial charge is 0.0817 e. The van der Waals surface area contributed by atoms with Gasteiger partial charge in [-0.2, -0.15) is 0 Å². The van der Waals surface area contributed by atoms with Gasteiger partial charge in [0.1, 0.15) is 0 Å². The molecule has 0 aromatic carbocycles. The van der Waals surface area contributed by atoms with Crippen LogP contribution in [0.4, 0.5) is 0 Å². The SMILES string of the molecule is CC1CCCC(CN)(OCC2CCC3(CCCCC3)O2)C1. The minimum absolute atomic E-state index is 0.0661. The fourth-order valence-electron chi connectivity index (χ4n) is 4.83. The summed E-state index contributed by atoms with van der Waals surface area (Å²) in [7, 11) is 0. The van der Waals surface area contributed by atoms with Crippen LogP contribution in [0, 0.1) is 5.92 Å². The summed E-state index contributed by atoms with van der Waals surface area (Å²) in [6.45, 7) is 3.75. The third kappa shape index (κ3) is 3.62. The molecular formula is C18H33NO2. The maximum atomic E-state index is 6.43. The summed E-state index contributed by atoms with van der Waals surface area (Å²) in [6.07, 6.45) is 14.2. The van der Waals surface area contributed by atoms with Crippen LogP contribution >= 0.6 is 0 Å². The number of nitrogens with two attached hydrogens (primary N) is 1. The summed E-state index contributed by atoms with van der Waals surface area (Å²) in [5, 5.41) is 0. The third-order valence-electron chi connectivity index (χ3n) is 6.10. The normalized spacial score (nSPS) is 39.7. The Kier molecular flexibility index (Phi) is 4.92. The highest BCUT2D eigenvalue weighted by atomic mass is 16.6. The monoisotopic (exact) mass is 295 g/mol. The van der Waals surface area contributed by atoms with E-state index in [1.54, 1.807) is 0 Å². The number of ether oxygens (including phenoxy) is 2. The van der Waals surface area contributed by atoms with Gasteiger partial charge in [-0.25, -0.2) is 0 Å². The van der Waals surface area contributed by atoms with Gasteiger partial charge >= 0.3 is 0 Å². The molecular weight excluding hydrogens is 262 g/mol. The molecule has 3 fully saturated rings. The molecule has 122 valence electrons. The Morgan fingerprint density at radius 3 is 2.57 bits per heavy atom.